The molecule has 2 atom stereocenters. The predicted octanol–water partition coefficient (Wildman–Crippen LogP) is 6.37. The van der Waals surface area contributed by atoms with E-state index in [9.17, 15) is 4.79 Å². The van der Waals surface area contributed by atoms with Gasteiger partial charge in [-0.2, -0.15) is 0 Å². The molecule has 0 unspecified atom stereocenters. The minimum absolute atomic E-state index is 0.123. The molecule has 0 heterocycles. The molecule has 0 aliphatic heterocycles. The molecular weight excluding hydrogens is 392 g/mol. The van der Waals surface area contributed by atoms with Gasteiger partial charge in [-0.25, -0.2) is 4.79 Å². The lowest BCUT2D eigenvalue weighted by atomic mass is 10.1. The first-order valence-electron chi connectivity index (χ1n) is 10.8. The number of amides is 1. The van der Waals surface area contributed by atoms with E-state index in [1.807, 2.05) is 45.2 Å². The second kappa shape index (κ2) is 10.6. The lowest BCUT2D eigenvalue weighted by molar-refractivity contribution is 0.0509. The van der Waals surface area contributed by atoms with E-state index < -0.39 is 20.0 Å². The zero-order chi connectivity index (χ0) is 23.2. The summed E-state index contributed by atoms with van der Waals surface area (Å²) >= 11 is 0. The molecule has 1 N–H and O–H groups in total. The first kappa shape index (κ1) is 26.4. The topological polar surface area (TPSA) is 59.9 Å². The van der Waals surface area contributed by atoms with Gasteiger partial charge in [0.1, 0.15) is 5.60 Å². The fourth-order valence-electron chi connectivity index (χ4n) is 2.42. The number of hydrogen-bond acceptors (Lipinski definition) is 4. The number of rotatable bonds is 8. The van der Waals surface area contributed by atoms with Crippen LogP contribution in [0.5, 0.6) is 0 Å². The van der Waals surface area contributed by atoms with Gasteiger partial charge >= 0.3 is 6.09 Å². The van der Waals surface area contributed by atoms with Crippen molar-refractivity contribution in [2.45, 2.75) is 91.2 Å². The summed E-state index contributed by atoms with van der Waals surface area (Å²) in [5.41, 5.74) is 0.569. The molecule has 1 amide bonds. The summed E-state index contributed by atoms with van der Waals surface area (Å²) in [7, 11) is -1.90. The van der Waals surface area contributed by atoms with Gasteiger partial charge in [0.25, 0.3) is 0 Å². The number of ether oxygens (including phenoxy) is 1. The number of carbonyl (C=O) groups excluding carboxylic acids is 1. The lowest BCUT2D eigenvalue weighted by Crippen LogP contribution is -2.43. The average molecular weight is 435 g/mol. The first-order valence-corrected chi connectivity index (χ1v) is 13.7. The van der Waals surface area contributed by atoms with Crippen LogP contribution in [0, 0.1) is 5.92 Å². The Morgan fingerprint density at radius 1 is 1.10 bits per heavy atom. The smallest absolute Gasteiger partial charge is 0.408 e. The standard InChI is InChI=1S/C24H42N2O3Si/c1-18(2)20(26-22(27)29-23(3,4)5)16-25-21(19-14-12-11-13-15-19)17-28-30(9,10)24(6,7)8/h11-16,18,20-21H,17H2,1-10H3,(H,26,27)/t20-,21-/m1/s1. The van der Waals surface area contributed by atoms with Crippen molar-refractivity contribution in [2.75, 3.05) is 6.61 Å². The van der Waals surface area contributed by atoms with Crippen LogP contribution in [-0.4, -0.2) is 38.9 Å². The van der Waals surface area contributed by atoms with Crippen molar-refractivity contribution in [2.24, 2.45) is 10.9 Å². The Hall–Kier alpha value is -1.66. The van der Waals surface area contributed by atoms with Crippen molar-refractivity contribution in [3.8, 4) is 0 Å². The minimum Gasteiger partial charge on any atom is -0.444 e. The van der Waals surface area contributed by atoms with Crippen LogP contribution >= 0.6 is 0 Å². The largest absolute Gasteiger partial charge is 0.444 e. The number of alkyl carbamates (subject to hydrolysis) is 1. The molecule has 0 bridgehead atoms. The highest BCUT2D eigenvalue weighted by Gasteiger charge is 2.37. The van der Waals surface area contributed by atoms with Crippen molar-refractivity contribution < 1.29 is 14.0 Å². The van der Waals surface area contributed by atoms with Crippen molar-refractivity contribution >= 4 is 20.6 Å². The van der Waals surface area contributed by atoms with Gasteiger partial charge in [0.15, 0.2) is 8.32 Å². The van der Waals surface area contributed by atoms with E-state index in [4.69, 9.17) is 14.2 Å². The summed E-state index contributed by atoms with van der Waals surface area (Å²) in [5, 5.41) is 3.07. The molecule has 0 fully saturated rings. The van der Waals surface area contributed by atoms with E-state index in [2.05, 4.69) is 65.2 Å². The highest BCUT2D eigenvalue weighted by atomic mass is 28.4. The SMILES string of the molecule is CC(C)[C@@H](C=N[C@H](CO[Si](C)(C)C(C)(C)C)c1ccccc1)NC(=O)OC(C)(C)C. The molecule has 0 radical (unpaired) electrons. The maximum atomic E-state index is 12.2. The number of nitrogens with zero attached hydrogens (tertiary/aromatic N) is 1. The summed E-state index contributed by atoms with van der Waals surface area (Å²) < 4.78 is 11.9. The Bertz CT molecular complexity index is 689. The van der Waals surface area contributed by atoms with E-state index in [0.29, 0.717) is 6.61 Å². The lowest BCUT2D eigenvalue weighted by Gasteiger charge is -2.37. The second-order valence-corrected chi connectivity index (χ2v) is 15.5. The Kier molecular flexibility index (Phi) is 9.30. The van der Waals surface area contributed by atoms with Gasteiger partial charge in [-0.05, 0) is 50.4 Å². The summed E-state index contributed by atoms with van der Waals surface area (Å²) in [6, 6.07) is 9.83. The molecule has 170 valence electrons. The molecule has 5 nitrogen and oxygen atoms in total. The molecule has 0 spiro atoms. The molecule has 1 rings (SSSR count). The van der Waals surface area contributed by atoms with E-state index in [-0.39, 0.29) is 23.0 Å². The molecule has 30 heavy (non-hydrogen) atoms. The Morgan fingerprint density at radius 2 is 1.67 bits per heavy atom. The van der Waals surface area contributed by atoms with E-state index in [1.165, 1.54) is 0 Å². The van der Waals surface area contributed by atoms with Gasteiger partial charge in [0.05, 0.1) is 18.7 Å². The number of aliphatic imine (C=N–C) groups is 1. The van der Waals surface area contributed by atoms with Crippen LogP contribution in [0.2, 0.25) is 18.1 Å². The fourth-order valence-corrected chi connectivity index (χ4v) is 3.43. The highest BCUT2D eigenvalue weighted by molar-refractivity contribution is 6.74. The minimum atomic E-state index is -1.90. The van der Waals surface area contributed by atoms with Gasteiger partial charge in [0.2, 0.25) is 0 Å². The third-order valence-electron chi connectivity index (χ3n) is 5.42. The molecule has 1 aromatic carbocycles. The molecule has 0 aliphatic carbocycles. The van der Waals surface area contributed by atoms with E-state index in [0.717, 1.165) is 5.56 Å². The maximum absolute atomic E-state index is 12.2. The van der Waals surface area contributed by atoms with Gasteiger partial charge in [-0.15, -0.1) is 0 Å². The van der Waals surface area contributed by atoms with Crippen molar-refractivity contribution in [3.05, 3.63) is 35.9 Å². The summed E-state index contributed by atoms with van der Waals surface area (Å²) in [4.78, 5) is 17.1. The Balaban J connectivity index is 3.00. The van der Waals surface area contributed by atoms with Crippen LogP contribution < -0.4 is 5.32 Å². The normalized spacial score (nSPS) is 15.3. The zero-order valence-corrected chi connectivity index (χ0v) is 21.6. The number of benzene rings is 1. The summed E-state index contributed by atoms with van der Waals surface area (Å²) in [6.45, 7) is 21.4. The third kappa shape index (κ3) is 9.00. The molecular formula is C24H42N2O3Si. The highest BCUT2D eigenvalue weighted by Crippen LogP contribution is 2.37. The second-order valence-electron chi connectivity index (χ2n) is 10.7. The van der Waals surface area contributed by atoms with Crippen LogP contribution in [0.15, 0.2) is 35.3 Å². The zero-order valence-electron chi connectivity index (χ0n) is 20.6. The summed E-state index contributed by atoms with van der Waals surface area (Å²) in [5.74, 6) is 0.180. The van der Waals surface area contributed by atoms with Crippen LogP contribution in [0.1, 0.15) is 67.0 Å². The van der Waals surface area contributed by atoms with E-state index in [1.54, 1.807) is 0 Å². The predicted molar refractivity (Wildman–Crippen MR) is 129 cm³/mol. The number of carbonyl (C=O) groups is 1. The molecule has 0 aliphatic rings. The Labute approximate surface area is 184 Å². The van der Waals surface area contributed by atoms with Crippen molar-refractivity contribution in [3.63, 3.8) is 0 Å². The van der Waals surface area contributed by atoms with Gasteiger partial charge in [-0.1, -0.05) is 65.0 Å². The average Bonchev–Trinajstić information content (AvgIpc) is 2.58. The molecule has 6 heteroatoms. The number of nitrogens with one attached hydrogen (secondary N) is 1. The molecule has 0 saturated carbocycles. The van der Waals surface area contributed by atoms with Crippen molar-refractivity contribution in [1.82, 2.24) is 5.32 Å². The Morgan fingerprint density at radius 3 is 2.13 bits per heavy atom. The van der Waals surface area contributed by atoms with E-state index >= 15 is 0 Å². The monoisotopic (exact) mass is 434 g/mol. The molecule has 1 aromatic rings. The van der Waals surface area contributed by atoms with Gasteiger partial charge in [0, 0.05) is 6.21 Å². The maximum Gasteiger partial charge on any atom is 0.408 e. The molecule has 0 saturated heterocycles. The quantitative estimate of drug-likeness (QED) is 0.382. The van der Waals surface area contributed by atoms with Gasteiger partial charge < -0.3 is 14.5 Å². The third-order valence-corrected chi connectivity index (χ3v) is 9.92. The van der Waals surface area contributed by atoms with Crippen LogP contribution in [0.4, 0.5) is 4.79 Å². The van der Waals surface area contributed by atoms with Gasteiger partial charge in [-0.3, -0.25) is 4.99 Å². The summed E-state index contributed by atoms with van der Waals surface area (Å²) in [6.07, 6.45) is 1.41. The first-order chi connectivity index (χ1) is 13.6. The van der Waals surface area contributed by atoms with Crippen molar-refractivity contribution in [1.29, 1.82) is 0 Å². The molecule has 0 aromatic heterocycles. The van der Waals surface area contributed by atoms with Crippen LogP contribution in [0.3, 0.4) is 0 Å². The van der Waals surface area contributed by atoms with Crippen LogP contribution in [-0.2, 0) is 9.16 Å². The number of hydrogen-bond donors (Lipinski definition) is 1. The fraction of sp³-hybridized carbons (Fsp3) is 0.667. The van der Waals surface area contributed by atoms with Crippen LogP contribution in [0.25, 0.3) is 0 Å².